The summed E-state index contributed by atoms with van der Waals surface area (Å²) < 4.78 is 12.1. The largest absolute Gasteiger partial charge is 0.477 e. The molecule has 1 aliphatic carbocycles. The van der Waals surface area contributed by atoms with Gasteiger partial charge in [-0.05, 0) is 55.9 Å². The van der Waals surface area contributed by atoms with E-state index in [2.05, 4.69) is 51.8 Å². The Balaban J connectivity index is 1.79. The molecule has 1 aromatic heterocycles. The summed E-state index contributed by atoms with van der Waals surface area (Å²) in [7, 11) is -1.66. The van der Waals surface area contributed by atoms with Crippen LogP contribution in [0.4, 0.5) is 0 Å². The van der Waals surface area contributed by atoms with Gasteiger partial charge in [0.1, 0.15) is 0 Å². The molecule has 0 atom stereocenters. The fourth-order valence-electron chi connectivity index (χ4n) is 2.38. The Bertz CT molecular complexity index is 563. The van der Waals surface area contributed by atoms with E-state index in [1.54, 1.807) is 0 Å². The Morgan fingerprint density at radius 1 is 1.25 bits per heavy atom. The van der Waals surface area contributed by atoms with Crippen molar-refractivity contribution in [2.45, 2.75) is 77.0 Å². The molecule has 4 nitrogen and oxygen atoms in total. The summed E-state index contributed by atoms with van der Waals surface area (Å²) in [5.41, 5.74) is 8.64. The third kappa shape index (κ3) is 5.04. The van der Waals surface area contributed by atoms with Crippen molar-refractivity contribution in [2.75, 3.05) is 13.2 Å². The van der Waals surface area contributed by atoms with Crippen LogP contribution in [0.2, 0.25) is 18.1 Å². The van der Waals surface area contributed by atoms with E-state index < -0.39 is 8.32 Å². The third-order valence-corrected chi connectivity index (χ3v) is 10.0. The van der Waals surface area contributed by atoms with Crippen LogP contribution >= 0.6 is 0 Å². The quantitative estimate of drug-likeness (QED) is 0.563. The lowest BCUT2D eigenvalue weighted by atomic mass is 10.0. The van der Waals surface area contributed by atoms with Crippen molar-refractivity contribution in [2.24, 2.45) is 5.73 Å². The first kappa shape index (κ1) is 19.4. The lowest BCUT2D eigenvalue weighted by Crippen LogP contribution is -2.41. The molecule has 0 saturated heterocycles. The van der Waals surface area contributed by atoms with Crippen LogP contribution < -0.4 is 10.5 Å². The first-order valence-electron chi connectivity index (χ1n) is 9.04. The SMILES string of the molecule is Cc1c(CC2(N)CC2)ccnc1OCCCO[Si](C)(C)C(C)(C)C. The van der Waals surface area contributed by atoms with Gasteiger partial charge in [0.25, 0.3) is 0 Å². The smallest absolute Gasteiger partial charge is 0.216 e. The molecule has 1 aliphatic rings. The molecule has 2 rings (SSSR count). The average Bonchev–Trinajstić information content (AvgIpc) is 3.18. The van der Waals surface area contributed by atoms with E-state index in [0.717, 1.165) is 43.7 Å². The summed E-state index contributed by atoms with van der Waals surface area (Å²) in [6.45, 7) is 14.8. The monoisotopic (exact) mass is 350 g/mol. The van der Waals surface area contributed by atoms with E-state index >= 15 is 0 Å². The van der Waals surface area contributed by atoms with Crippen LogP contribution in [0, 0.1) is 6.92 Å². The van der Waals surface area contributed by atoms with E-state index in [0.29, 0.717) is 6.61 Å². The molecule has 0 spiro atoms. The van der Waals surface area contributed by atoms with Crippen LogP contribution in [0.25, 0.3) is 0 Å². The van der Waals surface area contributed by atoms with Crippen LogP contribution in [-0.2, 0) is 10.8 Å². The maximum absolute atomic E-state index is 6.24. The van der Waals surface area contributed by atoms with Gasteiger partial charge in [0.05, 0.1) is 6.61 Å². The minimum absolute atomic E-state index is 0.0143. The molecule has 1 saturated carbocycles. The van der Waals surface area contributed by atoms with Gasteiger partial charge in [-0.15, -0.1) is 0 Å². The number of nitrogens with two attached hydrogens (primary N) is 1. The Kier molecular flexibility index (Phi) is 5.78. The molecular weight excluding hydrogens is 316 g/mol. The van der Waals surface area contributed by atoms with Crippen molar-refractivity contribution >= 4 is 8.32 Å². The van der Waals surface area contributed by atoms with Gasteiger partial charge in [-0.1, -0.05) is 20.8 Å². The zero-order valence-corrected chi connectivity index (χ0v) is 17.2. The van der Waals surface area contributed by atoms with E-state index in [-0.39, 0.29) is 10.6 Å². The molecule has 1 heterocycles. The van der Waals surface area contributed by atoms with Crippen LogP contribution in [0.15, 0.2) is 12.3 Å². The molecule has 2 N–H and O–H groups in total. The van der Waals surface area contributed by atoms with E-state index in [9.17, 15) is 0 Å². The van der Waals surface area contributed by atoms with Crippen LogP contribution in [0.3, 0.4) is 0 Å². The molecule has 24 heavy (non-hydrogen) atoms. The number of aromatic nitrogens is 1. The second kappa shape index (κ2) is 7.14. The Morgan fingerprint density at radius 3 is 2.50 bits per heavy atom. The van der Waals surface area contributed by atoms with Gasteiger partial charge >= 0.3 is 0 Å². The maximum Gasteiger partial charge on any atom is 0.216 e. The van der Waals surface area contributed by atoms with Gasteiger partial charge < -0.3 is 14.9 Å². The summed E-state index contributed by atoms with van der Waals surface area (Å²) >= 11 is 0. The zero-order valence-electron chi connectivity index (χ0n) is 16.2. The molecule has 0 aromatic carbocycles. The second-order valence-corrected chi connectivity index (χ2v) is 13.6. The standard InChI is InChI=1S/C19H34N2O2Si/c1-15-16(14-19(20)9-10-19)8-11-21-17(15)22-12-7-13-23-24(5,6)18(2,3)4/h8,11H,7,9-10,12-14,20H2,1-6H3. The summed E-state index contributed by atoms with van der Waals surface area (Å²) in [5.74, 6) is 0.740. The highest BCUT2D eigenvalue weighted by atomic mass is 28.4. The average molecular weight is 351 g/mol. The van der Waals surface area contributed by atoms with Crippen LogP contribution in [0.5, 0.6) is 5.88 Å². The molecule has 136 valence electrons. The first-order chi connectivity index (χ1) is 11.0. The normalized spacial score (nSPS) is 17.0. The molecule has 1 fully saturated rings. The number of ether oxygens (including phenoxy) is 1. The number of nitrogens with zero attached hydrogens (tertiary/aromatic N) is 1. The van der Waals surface area contributed by atoms with Crippen LogP contribution in [0.1, 0.15) is 51.2 Å². The lowest BCUT2D eigenvalue weighted by molar-refractivity contribution is 0.229. The number of hydrogen-bond acceptors (Lipinski definition) is 4. The van der Waals surface area contributed by atoms with Gasteiger partial charge in [0.2, 0.25) is 5.88 Å². The number of hydrogen-bond donors (Lipinski definition) is 1. The predicted octanol–water partition coefficient (Wildman–Crippen LogP) is 4.21. The fraction of sp³-hybridized carbons (Fsp3) is 0.737. The van der Waals surface area contributed by atoms with Crippen LogP contribution in [-0.4, -0.2) is 32.1 Å². The fourth-order valence-corrected chi connectivity index (χ4v) is 3.47. The maximum atomic E-state index is 6.24. The Labute approximate surface area is 148 Å². The molecular formula is C19H34N2O2Si. The number of rotatable bonds is 8. The summed E-state index contributed by atoms with van der Waals surface area (Å²) in [4.78, 5) is 4.38. The second-order valence-electron chi connectivity index (χ2n) is 8.75. The third-order valence-electron chi connectivity index (χ3n) is 5.50. The topological polar surface area (TPSA) is 57.4 Å². The van der Waals surface area contributed by atoms with Crippen molar-refractivity contribution in [1.82, 2.24) is 4.98 Å². The molecule has 0 bridgehead atoms. The van der Waals surface area contributed by atoms with E-state index in [4.69, 9.17) is 14.9 Å². The predicted molar refractivity (Wildman–Crippen MR) is 102 cm³/mol. The summed E-state index contributed by atoms with van der Waals surface area (Å²) in [6.07, 6.45) is 5.88. The number of pyridine rings is 1. The molecule has 1 aromatic rings. The highest BCUT2D eigenvalue weighted by molar-refractivity contribution is 6.74. The summed E-state index contributed by atoms with van der Waals surface area (Å²) in [5, 5.41) is 0.251. The van der Waals surface area contributed by atoms with Gasteiger partial charge in [0.15, 0.2) is 8.32 Å². The minimum Gasteiger partial charge on any atom is -0.477 e. The minimum atomic E-state index is -1.66. The van der Waals surface area contributed by atoms with Crippen molar-refractivity contribution in [3.8, 4) is 5.88 Å². The van der Waals surface area contributed by atoms with Crippen molar-refractivity contribution < 1.29 is 9.16 Å². The van der Waals surface area contributed by atoms with Crippen molar-refractivity contribution in [3.63, 3.8) is 0 Å². The van der Waals surface area contributed by atoms with Gasteiger partial charge in [0, 0.05) is 30.3 Å². The Morgan fingerprint density at radius 2 is 1.92 bits per heavy atom. The molecule has 0 unspecified atom stereocenters. The summed E-state index contributed by atoms with van der Waals surface area (Å²) in [6, 6.07) is 2.07. The van der Waals surface area contributed by atoms with Gasteiger partial charge in [-0.3, -0.25) is 0 Å². The molecule has 0 radical (unpaired) electrons. The van der Waals surface area contributed by atoms with Crippen molar-refractivity contribution in [3.05, 3.63) is 23.4 Å². The van der Waals surface area contributed by atoms with Gasteiger partial charge in [-0.25, -0.2) is 4.98 Å². The zero-order chi connectivity index (χ0) is 18.0. The van der Waals surface area contributed by atoms with E-state index in [1.165, 1.54) is 5.56 Å². The lowest BCUT2D eigenvalue weighted by Gasteiger charge is -2.36. The van der Waals surface area contributed by atoms with Crippen molar-refractivity contribution in [1.29, 1.82) is 0 Å². The molecule has 5 heteroatoms. The first-order valence-corrected chi connectivity index (χ1v) is 12.0. The molecule has 0 aliphatic heterocycles. The Hall–Kier alpha value is -0.913. The van der Waals surface area contributed by atoms with Gasteiger partial charge in [-0.2, -0.15) is 0 Å². The molecule has 0 amide bonds. The highest BCUT2D eigenvalue weighted by Gasteiger charge is 2.38. The highest BCUT2D eigenvalue weighted by Crippen LogP contribution is 2.37. The van der Waals surface area contributed by atoms with E-state index in [1.807, 2.05) is 6.20 Å².